The average Bonchev–Trinajstić information content (AvgIpc) is 0.898. The molecule has 518 valence electrons. The van der Waals surface area contributed by atoms with Gasteiger partial charge in [-0.3, -0.25) is 57.5 Å². The topological polar surface area (TPSA) is 394 Å². The SMILES string of the molecule is CC(C)C[C@@H]1NC(=O)[C@H](CCCN)NC(=O)[C@H](C(C)C)NC(=O)[C@H](Cc2c(F)c(F)c(F)c(F)c2F)NC(=O)[C@H](CCC(N)=O)NC(=O)[C@H](CC(N)=O)NC(=O)[C@@H](Cc2ccccc2)NC(=O)[C@H](Cc2ccccc2)NC(=O)[C@@H]2CCCN2C(=O)[C@@H](Cc2ccccc2)NC1=O. The molecular weight excluding hydrogens is 1260 g/mol. The molecule has 0 radical (unpaired) electrons. The van der Waals surface area contributed by atoms with Crippen molar-refractivity contribution < 1.29 is 79.5 Å². The van der Waals surface area contributed by atoms with Gasteiger partial charge < -0.3 is 70.0 Å². The fourth-order valence-corrected chi connectivity index (χ4v) is 11.1. The van der Waals surface area contributed by atoms with Crippen molar-refractivity contribution in [3.05, 3.63) is 142 Å². The Morgan fingerprint density at radius 1 is 0.458 bits per heavy atom. The van der Waals surface area contributed by atoms with E-state index in [1.54, 1.807) is 105 Å². The maximum atomic E-state index is 15.6. The number of carbonyl (C=O) groups excluding carboxylic acids is 12. The van der Waals surface area contributed by atoms with E-state index in [1.165, 1.54) is 18.7 Å². The predicted octanol–water partition coefficient (Wildman–Crippen LogP) is 0.602. The third kappa shape index (κ3) is 21.3. The van der Waals surface area contributed by atoms with Gasteiger partial charge in [-0.15, -0.1) is 0 Å². The number of benzene rings is 4. The van der Waals surface area contributed by atoms with E-state index in [-0.39, 0.29) is 64.0 Å². The fraction of sp³-hybridized carbons (Fsp3) is 0.455. The molecule has 30 heteroatoms. The summed E-state index contributed by atoms with van der Waals surface area (Å²) in [4.78, 5) is 173. The Bertz CT molecular complexity index is 3440. The number of nitrogens with one attached hydrogen (secondary N) is 9. The number of amides is 12. The Hall–Kier alpha value is -9.87. The highest BCUT2D eigenvalue weighted by atomic mass is 19.2. The van der Waals surface area contributed by atoms with Gasteiger partial charge in [0.25, 0.3) is 0 Å². The van der Waals surface area contributed by atoms with Crippen LogP contribution < -0.4 is 65.1 Å². The Kier molecular flexibility index (Phi) is 27.9. The number of rotatable bonds is 19. The van der Waals surface area contributed by atoms with Crippen LogP contribution in [0.5, 0.6) is 0 Å². The summed E-state index contributed by atoms with van der Waals surface area (Å²) in [6, 6.07) is 7.91. The molecule has 2 aliphatic rings. The van der Waals surface area contributed by atoms with Crippen molar-refractivity contribution >= 4 is 70.9 Å². The van der Waals surface area contributed by atoms with Gasteiger partial charge in [-0.05, 0) is 73.6 Å². The molecule has 0 spiro atoms. The van der Waals surface area contributed by atoms with Crippen LogP contribution in [0.2, 0.25) is 0 Å². The van der Waals surface area contributed by atoms with Crippen LogP contribution in [-0.4, -0.2) is 149 Å². The zero-order valence-electron chi connectivity index (χ0n) is 53.5. The van der Waals surface area contributed by atoms with Crippen LogP contribution in [-0.2, 0) is 83.2 Å². The smallest absolute Gasteiger partial charge is 0.246 e. The highest BCUT2D eigenvalue weighted by Crippen LogP contribution is 2.26. The summed E-state index contributed by atoms with van der Waals surface area (Å²) in [7, 11) is 0. The lowest BCUT2D eigenvalue weighted by Gasteiger charge is -2.32. The van der Waals surface area contributed by atoms with E-state index in [2.05, 4.69) is 47.9 Å². The minimum absolute atomic E-state index is 0.0159. The van der Waals surface area contributed by atoms with Gasteiger partial charge in [-0.25, -0.2) is 22.0 Å². The molecule has 2 fully saturated rings. The van der Waals surface area contributed by atoms with Gasteiger partial charge >= 0.3 is 0 Å². The zero-order chi connectivity index (χ0) is 70.5. The van der Waals surface area contributed by atoms with Gasteiger partial charge in [0.05, 0.1) is 6.42 Å². The van der Waals surface area contributed by atoms with E-state index >= 15 is 13.6 Å². The zero-order valence-corrected chi connectivity index (χ0v) is 53.5. The molecule has 4 aromatic carbocycles. The summed E-state index contributed by atoms with van der Waals surface area (Å²) in [5.41, 5.74) is 16.8. The highest BCUT2D eigenvalue weighted by molar-refractivity contribution is 6.01. The lowest BCUT2D eigenvalue weighted by atomic mass is 9.98. The molecule has 6 rings (SSSR count). The Morgan fingerprint density at radius 3 is 1.32 bits per heavy atom. The number of fused-ring (bicyclic) bond motifs is 1. The largest absolute Gasteiger partial charge is 0.370 e. The Labute approximate surface area is 550 Å². The first-order chi connectivity index (χ1) is 45.6. The van der Waals surface area contributed by atoms with E-state index < -0.39 is 198 Å². The summed E-state index contributed by atoms with van der Waals surface area (Å²) in [6.45, 7) is 6.27. The van der Waals surface area contributed by atoms with Crippen LogP contribution in [0, 0.1) is 40.9 Å². The highest BCUT2D eigenvalue weighted by Gasteiger charge is 2.42. The lowest BCUT2D eigenvalue weighted by molar-refractivity contribution is -0.142. The van der Waals surface area contributed by atoms with Crippen molar-refractivity contribution in [2.24, 2.45) is 29.0 Å². The molecule has 2 saturated heterocycles. The molecule has 96 heavy (non-hydrogen) atoms. The van der Waals surface area contributed by atoms with Crippen molar-refractivity contribution in [2.45, 2.75) is 165 Å². The van der Waals surface area contributed by atoms with E-state index in [0.717, 1.165) is 0 Å². The number of halogens is 5. The number of hydrogen-bond donors (Lipinski definition) is 12. The maximum Gasteiger partial charge on any atom is 0.246 e. The predicted molar refractivity (Wildman–Crippen MR) is 337 cm³/mol. The second kappa shape index (κ2) is 35.6. The first kappa shape index (κ1) is 75.2. The van der Waals surface area contributed by atoms with Gasteiger partial charge in [-0.2, -0.15) is 0 Å². The molecule has 0 unspecified atom stereocenters. The molecular formula is C66H82F5N13O12. The van der Waals surface area contributed by atoms with Crippen molar-refractivity contribution in [3.63, 3.8) is 0 Å². The standard InChI is InChI=1S/C66H82F5N13O12/c1-34(2)28-42-59(89)82-47(31-38-20-12-7-13-21-38)66(96)84-27-15-23-48(84)64(94)81-44(30-37-18-10-6-11-19-37)61(91)78-43(29-36-16-8-5-9-17-36)60(90)80-46(33-50(74)86)62(92)75-41(24-25-49(73)85)58(88)79-45(32-39-51(67)53(69)55(71)54(70)52(39)68)63(93)83-56(35(3)4)65(95)76-40(22-14-26-72)57(87)77-42/h5-13,16-21,34-35,40-48,56H,14-15,22-33,72H2,1-4H3,(H2,73,85)(H2,74,86)(H,75,92)(H,76,95)(H,77,87)(H,78,91)(H,79,88)(H,80,90)(H,81,94)(H,82,89)(H,83,93)/t40-,41-,42-,43+,44-,45-,46-,47+,48-,56-/m0/s1. The van der Waals surface area contributed by atoms with E-state index in [1.807, 2.05) is 0 Å². The Balaban J connectivity index is 1.50. The summed E-state index contributed by atoms with van der Waals surface area (Å²) < 4.78 is 75.2. The van der Waals surface area contributed by atoms with Crippen LogP contribution >= 0.6 is 0 Å². The Morgan fingerprint density at radius 2 is 0.844 bits per heavy atom. The first-order valence-electron chi connectivity index (χ1n) is 31.5. The normalized spacial score (nSPS) is 23.5. The quantitative estimate of drug-likeness (QED) is 0.0348. The van der Waals surface area contributed by atoms with Gasteiger partial charge in [0.2, 0.25) is 76.7 Å². The second-order valence-electron chi connectivity index (χ2n) is 24.5. The summed E-state index contributed by atoms with van der Waals surface area (Å²) in [5, 5.41) is 22.4. The van der Waals surface area contributed by atoms with Gasteiger partial charge in [-0.1, -0.05) is 119 Å². The summed E-state index contributed by atoms with van der Waals surface area (Å²) >= 11 is 0. The molecule has 2 heterocycles. The second-order valence-corrected chi connectivity index (χ2v) is 24.5. The molecule has 10 atom stereocenters. The molecule has 0 saturated carbocycles. The van der Waals surface area contributed by atoms with Crippen LogP contribution in [0.4, 0.5) is 22.0 Å². The molecule has 12 amide bonds. The van der Waals surface area contributed by atoms with Crippen molar-refractivity contribution in [1.82, 2.24) is 52.8 Å². The number of nitrogens with two attached hydrogens (primary N) is 3. The number of hydrogen-bond acceptors (Lipinski definition) is 13. The van der Waals surface area contributed by atoms with Crippen LogP contribution in [0.15, 0.2) is 91.0 Å². The minimum Gasteiger partial charge on any atom is -0.370 e. The minimum atomic E-state index is -2.58. The van der Waals surface area contributed by atoms with Crippen LogP contribution in [0.25, 0.3) is 0 Å². The molecule has 0 aromatic heterocycles. The average molecular weight is 1340 g/mol. The van der Waals surface area contributed by atoms with Gasteiger partial charge in [0.15, 0.2) is 23.3 Å². The fourth-order valence-electron chi connectivity index (χ4n) is 11.1. The van der Waals surface area contributed by atoms with E-state index in [9.17, 15) is 65.9 Å². The number of primary amides is 2. The van der Waals surface area contributed by atoms with Gasteiger partial charge in [0, 0.05) is 44.2 Å². The molecule has 4 aromatic rings. The third-order valence-corrected chi connectivity index (χ3v) is 16.2. The van der Waals surface area contributed by atoms with Crippen LogP contribution in [0.1, 0.15) is 101 Å². The molecule has 0 bridgehead atoms. The molecule has 2 aliphatic heterocycles. The molecule has 0 aliphatic carbocycles. The van der Waals surface area contributed by atoms with Crippen LogP contribution in [0.3, 0.4) is 0 Å². The van der Waals surface area contributed by atoms with E-state index in [0.29, 0.717) is 23.1 Å². The summed E-state index contributed by atoms with van der Waals surface area (Å²) in [6.07, 6.45) is -4.52. The monoisotopic (exact) mass is 1340 g/mol. The number of nitrogens with zero attached hydrogens (tertiary/aromatic N) is 1. The van der Waals surface area contributed by atoms with Crippen molar-refractivity contribution in [3.8, 4) is 0 Å². The maximum absolute atomic E-state index is 15.6. The molecule has 15 N–H and O–H groups in total. The lowest BCUT2D eigenvalue weighted by Crippen LogP contribution is -2.62. The number of carbonyl (C=O) groups is 12. The first-order valence-corrected chi connectivity index (χ1v) is 31.5. The van der Waals surface area contributed by atoms with Gasteiger partial charge in [0.1, 0.15) is 60.4 Å². The summed E-state index contributed by atoms with van der Waals surface area (Å²) in [5.74, 6) is -26.9. The van der Waals surface area contributed by atoms with E-state index in [4.69, 9.17) is 17.2 Å². The van der Waals surface area contributed by atoms with Crippen molar-refractivity contribution in [2.75, 3.05) is 13.1 Å². The van der Waals surface area contributed by atoms with Crippen molar-refractivity contribution in [1.29, 1.82) is 0 Å². The third-order valence-electron chi connectivity index (χ3n) is 16.2. The molecule has 25 nitrogen and oxygen atoms in total.